The van der Waals surface area contributed by atoms with Crippen LogP contribution in [0.3, 0.4) is 0 Å². The molecule has 15 nitrogen and oxygen atoms in total. The third-order valence-electron chi connectivity index (χ3n) is 12.5. The van der Waals surface area contributed by atoms with Crippen molar-refractivity contribution in [1.82, 2.24) is 31.1 Å². The number of alkyl halides is 2. The molecule has 6 N–H and O–H groups in total. The average Bonchev–Trinajstić information content (AvgIpc) is 4.02. The number of amides is 3. The van der Waals surface area contributed by atoms with E-state index < -0.39 is 24.0 Å². The van der Waals surface area contributed by atoms with E-state index in [2.05, 4.69) is 47.9 Å². The number of furan rings is 1. The monoisotopic (exact) mass is 839 g/mol. The summed E-state index contributed by atoms with van der Waals surface area (Å²) in [5.74, 6) is 5.74. The maximum absolute atomic E-state index is 13.8. The van der Waals surface area contributed by atoms with Crippen molar-refractivity contribution in [1.29, 1.82) is 10.8 Å². The highest BCUT2D eigenvalue weighted by Crippen LogP contribution is 2.33. The predicted molar refractivity (Wildman–Crippen MR) is 223 cm³/mol. The molecular weight excluding hydrogens is 789 g/mol. The van der Waals surface area contributed by atoms with Gasteiger partial charge in [0.15, 0.2) is 0 Å². The minimum atomic E-state index is -3.11. The molecule has 5 aliphatic heterocycles. The molecule has 61 heavy (non-hydrogen) atoms. The van der Waals surface area contributed by atoms with Crippen molar-refractivity contribution < 1.29 is 37.1 Å². The molecule has 1 aromatic heterocycles. The lowest BCUT2D eigenvalue weighted by Crippen LogP contribution is -2.42. The second-order valence-corrected chi connectivity index (χ2v) is 16.5. The first-order chi connectivity index (χ1) is 29.6. The fraction of sp³-hybridized carbons (Fsp3) is 0.500. The summed E-state index contributed by atoms with van der Waals surface area (Å²) in [4.78, 5) is 46.6. The fourth-order valence-electron chi connectivity index (χ4n) is 9.11. The number of hydrogen-bond donors (Lipinski definition) is 6. The van der Waals surface area contributed by atoms with E-state index in [0.717, 1.165) is 87.3 Å². The zero-order valence-corrected chi connectivity index (χ0v) is 33.8. The quantitative estimate of drug-likeness (QED) is 0.0786. The summed E-state index contributed by atoms with van der Waals surface area (Å²) < 4.78 is 45.0. The number of piperidine rings is 2. The number of halogens is 2. The summed E-state index contributed by atoms with van der Waals surface area (Å²) >= 11 is 0. The topological polar surface area (TPSA) is 197 Å². The van der Waals surface area contributed by atoms with E-state index in [0.29, 0.717) is 49.9 Å². The molecule has 3 atom stereocenters. The number of benzene rings is 1. The van der Waals surface area contributed by atoms with Crippen LogP contribution in [0.1, 0.15) is 74.8 Å². The molecule has 322 valence electrons. The largest absolute Gasteiger partial charge is 0.464 e. The molecule has 6 heterocycles. The molecule has 4 saturated heterocycles. The van der Waals surface area contributed by atoms with Gasteiger partial charge in [-0.2, -0.15) is 0 Å². The third kappa shape index (κ3) is 9.93. The van der Waals surface area contributed by atoms with Crippen LogP contribution in [0, 0.1) is 28.6 Å². The van der Waals surface area contributed by atoms with E-state index in [9.17, 15) is 23.2 Å². The number of rotatable bonds is 12. The molecule has 8 rings (SSSR count). The van der Waals surface area contributed by atoms with E-state index in [1.165, 1.54) is 6.20 Å². The number of hydrogen-bond acceptors (Lipinski definition) is 13. The van der Waals surface area contributed by atoms with Crippen LogP contribution in [0.15, 0.2) is 69.4 Å². The molecular formula is C44H51F2N9O6. The number of carbonyl (C=O) groups is 3. The average molecular weight is 840 g/mol. The molecule has 1 saturated carbocycles. The van der Waals surface area contributed by atoms with Crippen LogP contribution in [0.5, 0.6) is 0 Å². The molecule has 3 amide bonds. The lowest BCUT2D eigenvalue weighted by molar-refractivity contribution is -0.134. The fourth-order valence-corrected chi connectivity index (χ4v) is 9.11. The van der Waals surface area contributed by atoms with Crippen LogP contribution in [-0.2, 0) is 23.9 Å². The van der Waals surface area contributed by atoms with Gasteiger partial charge in [0.2, 0.25) is 11.8 Å². The second kappa shape index (κ2) is 18.9. The predicted octanol–water partition coefficient (Wildman–Crippen LogP) is 4.03. The highest BCUT2D eigenvalue weighted by atomic mass is 19.3. The third-order valence-corrected chi connectivity index (χ3v) is 12.5. The van der Waals surface area contributed by atoms with Gasteiger partial charge in [-0.15, -0.1) is 0 Å². The molecule has 1 aliphatic carbocycles. The number of amidine groups is 1. The second-order valence-electron chi connectivity index (χ2n) is 16.5. The summed E-state index contributed by atoms with van der Waals surface area (Å²) in [7, 11) is 0. The molecule has 0 radical (unpaired) electrons. The van der Waals surface area contributed by atoms with E-state index >= 15 is 0 Å². The number of fused-ring (bicyclic) bond motifs is 3. The Morgan fingerprint density at radius 3 is 2.67 bits per heavy atom. The maximum atomic E-state index is 13.8. The first-order valence-electron chi connectivity index (χ1n) is 21.1. The molecule has 1 aromatic carbocycles. The molecule has 17 heteroatoms. The van der Waals surface area contributed by atoms with Gasteiger partial charge >= 0.3 is 0 Å². The van der Waals surface area contributed by atoms with Crippen LogP contribution in [0.4, 0.5) is 8.78 Å². The number of nitrogens with one attached hydrogen (secondary N) is 6. The minimum absolute atomic E-state index is 0.000466. The molecule has 0 spiro atoms. The number of nitrogens with zero attached hydrogens (tertiary/aromatic N) is 3. The summed E-state index contributed by atoms with van der Waals surface area (Å²) in [6.07, 6.45) is 11.3. The van der Waals surface area contributed by atoms with E-state index in [1.54, 1.807) is 18.5 Å². The van der Waals surface area contributed by atoms with Crippen molar-refractivity contribution in [2.75, 3.05) is 39.4 Å². The number of ether oxygens (including phenoxy) is 2. The zero-order valence-electron chi connectivity index (χ0n) is 33.8. The minimum Gasteiger partial charge on any atom is -0.464 e. The van der Waals surface area contributed by atoms with Crippen molar-refractivity contribution in [3.05, 3.63) is 71.2 Å². The lowest BCUT2D eigenvalue weighted by atomic mass is 9.85. The Bertz CT molecular complexity index is 2220. The van der Waals surface area contributed by atoms with Crippen molar-refractivity contribution in [2.24, 2.45) is 10.9 Å². The molecule has 2 bridgehead atoms. The van der Waals surface area contributed by atoms with Gasteiger partial charge < -0.3 is 45.1 Å². The molecule has 2 aromatic rings. The van der Waals surface area contributed by atoms with E-state index in [4.69, 9.17) is 24.7 Å². The van der Waals surface area contributed by atoms with Crippen molar-refractivity contribution in [3.8, 4) is 11.8 Å². The number of aliphatic imine (C=N–C) groups is 1. The Hall–Kier alpha value is -5.70. The van der Waals surface area contributed by atoms with Gasteiger partial charge in [-0.25, -0.2) is 13.8 Å². The Kier molecular flexibility index (Phi) is 13.0. The van der Waals surface area contributed by atoms with Crippen LogP contribution in [0.25, 0.3) is 11.0 Å². The van der Waals surface area contributed by atoms with Gasteiger partial charge in [0.05, 0.1) is 48.3 Å². The van der Waals surface area contributed by atoms with Gasteiger partial charge in [0, 0.05) is 73.8 Å². The number of imide groups is 1. The van der Waals surface area contributed by atoms with Crippen molar-refractivity contribution in [3.63, 3.8) is 0 Å². The van der Waals surface area contributed by atoms with Gasteiger partial charge in [-0.1, -0.05) is 11.8 Å². The SMILES string of the molecule is N=C/C(C(=O)N/C(=C/NC1CCC(CN2CCC(OCC#Cc3ccc4occ(C5CCC(=O)NC5=O)c4c3)CC2)CC1)C(=N)C(F)F)=C1/N=C(N2C[C@H]3C[C@@H]2CO3)C=CN1. The first kappa shape index (κ1) is 42.0. The normalized spacial score (nSPS) is 26.7. The highest BCUT2D eigenvalue weighted by Gasteiger charge is 2.40. The molecule has 6 aliphatic rings. The smallest absolute Gasteiger partial charge is 0.281 e. The van der Waals surface area contributed by atoms with Gasteiger partial charge in [0.25, 0.3) is 12.3 Å². The van der Waals surface area contributed by atoms with Crippen molar-refractivity contribution in [2.45, 2.75) is 94.4 Å². The summed E-state index contributed by atoms with van der Waals surface area (Å²) in [6.45, 7) is 4.42. The zero-order chi connectivity index (χ0) is 42.5. The summed E-state index contributed by atoms with van der Waals surface area (Å²) in [5, 5.41) is 27.7. The van der Waals surface area contributed by atoms with Crippen LogP contribution in [-0.4, -0.2) is 115 Å². The lowest BCUT2D eigenvalue weighted by Gasteiger charge is -2.36. The number of allylic oxidation sites excluding steroid dienone is 1. The Labute approximate surface area is 352 Å². The van der Waals surface area contributed by atoms with Crippen LogP contribution < -0.4 is 21.3 Å². The maximum Gasteiger partial charge on any atom is 0.281 e. The number of likely N-dealkylation sites (tertiary alicyclic amines) is 2. The number of carbonyl (C=O) groups excluding carboxylic acids is 3. The Morgan fingerprint density at radius 1 is 1.13 bits per heavy atom. The molecule has 1 unspecified atom stereocenters. The van der Waals surface area contributed by atoms with E-state index in [-0.39, 0.29) is 53.2 Å². The Balaban J connectivity index is 0.772. The standard InChI is InChI=1S/C44H51F2N9O6/c45-41(46)40(48)36(51-44(58)34(20-47)42-49-14-11-38(52-42)55-23-31-19-29(55)24-60-31)21-50-28-6-3-27(4-7-28)22-54-15-12-30(13-16-54)59-17-1-2-26-5-9-37-33(18-26)35(25-61-37)32-8-10-39(56)53-43(32)57/h5,9,11,14,18,20-21,25,27-32,41,47-50H,3-4,6-8,10,12-13,15-17,19,22-24H2,(H,51,58)(H,53,56,57)/b36-21+,42-34-,47-20?,48-40?/t27?,28?,29-,31-,32?/m1/s1. The number of morpholine rings is 1. The first-order valence-corrected chi connectivity index (χ1v) is 21.1. The summed E-state index contributed by atoms with van der Waals surface area (Å²) in [5.41, 5.74) is 0.706. The van der Waals surface area contributed by atoms with Crippen LogP contribution in [0.2, 0.25) is 0 Å². The Morgan fingerprint density at radius 2 is 1.95 bits per heavy atom. The van der Waals surface area contributed by atoms with Gasteiger partial charge in [-0.05, 0) is 81.6 Å². The van der Waals surface area contributed by atoms with Crippen molar-refractivity contribution >= 4 is 46.5 Å². The highest BCUT2D eigenvalue weighted by molar-refractivity contribution is 6.15. The van der Waals surface area contributed by atoms with Gasteiger partial charge in [0.1, 0.15) is 29.6 Å². The van der Waals surface area contributed by atoms with E-state index in [1.807, 2.05) is 18.2 Å². The van der Waals surface area contributed by atoms with Crippen LogP contribution >= 0.6 is 0 Å². The summed E-state index contributed by atoms with van der Waals surface area (Å²) in [6, 6.07) is 5.83. The van der Waals surface area contributed by atoms with Gasteiger partial charge in [-0.3, -0.25) is 25.1 Å². The molecule has 5 fully saturated rings.